The number of hydrogen-bond acceptors (Lipinski definition) is 4. The molecule has 36 heavy (non-hydrogen) atoms. The first-order valence-corrected chi connectivity index (χ1v) is 12.6. The number of hydrogen-bond donors (Lipinski definition) is 2. The molecule has 2 aromatic heterocycles. The van der Waals surface area contributed by atoms with Gasteiger partial charge in [0, 0.05) is 52.6 Å². The number of aromatic amines is 1. The van der Waals surface area contributed by atoms with Gasteiger partial charge in [0.2, 0.25) is 5.95 Å². The number of anilines is 1. The molecule has 4 aromatic rings. The average molecular weight is 485 g/mol. The summed E-state index contributed by atoms with van der Waals surface area (Å²) in [6.07, 6.45) is 6.27. The normalized spacial score (nSPS) is 23.6. The first-order chi connectivity index (χ1) is 17.4. The van der Waals surface area contributed by atoms with Gasteiger partial charge in [0.05, 0.1) is 0 Å². The van der Waals surface area contributed by atoms with Crippen LogP contribution in [-0.2, 0) is 5.41 Å². The molecular weight excluding hydrogens is 458 g/mol. The number of nitrogens with zero attached hydrogens (tertiary/aromatic N) is 2. The first-order valence-electron chi connectivity index (χ1n) is 12.6. The topological polar surface area (TPSA) is 75.0 Å². The van der Waals surface area contributed by atoms with E-state index < -0.39 is 11.8 Å². The number of benzene rings is 2. The number of nitrogens with one attached hydrogen (secondary N) is 1. The summed E-state index contributed by atoms with van der Waals surface area (Å²) >= 11 is 0. The molecule has 1 saturated heterocycles. The molecule has 5 nitrogen and oxygen atoms in total. The van der Waals surface area contributed by atoms with Crippen LogP contribution < -0.4 is 11.3 Å². The Bertz CT molecular complexity index is 1580. The van der Waals surface area contributed by atoms with E-state index in [1.807, 2.05) is 12.1 Å². The fraction of sp³-hybridized carbons (Fsp3) is 0.310. The third-order valence-electron chi connectivity index (χ3n) is 8.70. The molecule has 1 aliphatic heterocycles. The van der Waals surface area contributed by atoms with Crippen molar-refractivity contribution in [1.29, 1.82) is 0 Å². The monoisotopic (exact) mass is 484 g/mol. The lowest BCUT2D eigenvalue weighted by molar-refractivity contribution is 0.140. The van der Waals surface area contributed by atoms with E-state index in [2.05, 4.69) is 27.0 Å². The Balaban J connectivity index is 1.22. The molecule has 0 unspecified atom stereocenters. The molecule has 2 aromatic carbocycles. The van der Waals surface area contributed by atoms with E-state index in [9.17, 15) is 13.6 Å². The zero-order chi connectivity index (χ0) is 24.6. The van der Waals surface area contributed by atoms with Crippen LogP contribution in [0.25, 0.3) is 33.0 Å². The third-order valence-corrected chi connectivity index (χ3v) is 8.70. The minimum Gasteiger partial charge on any atom is -0.383 e. The van der Waals surface area contributed by atoms with Gasteiger partial charge in [-0.1, -0.05) is 36.8 Å². The number of nitrogen functional groups attached to an aromatic ring is 1. The van der Waals surface area contributed by atoms with Crippen LogP contribution in [0.4, 0.5) is 14.6 Å². The summed E-state index contributed by atoms with van der Waals surface area (Å²) in [6, 6.07) is 15.4. The van der Waals surface area contributed by atoms with E-state index in [4.69, 9.17) is 5.73 Å². The summed E-state index contributed by atoms with van der Waals surface area (Å²) < 4.78 is 29.4. The molecule has 2 saturated carbocycles. The van der Waals surface area contributed by atoms with Crippen LogP contribution in [0.5, 0.6) is 0 Å². The number of pyridine rings is 2. The van der Waals surface area contributed by atoms with Crippen molar-refractivity contribution in [2.75, 3.05) is 18.8 Å². The van der Waals surface area contributed by atoms with Crippen molar-refractivity contribution in [2.24, 2.45) is 5.92 Å². The fourth-order valence-electron chi connectivity index (χ4n) is 6.31. The van der Waals surface area contributed by atoms with Crippen LogP contribution in [0.15, 0.2) is 59.5 Å². The fourth-order valence-corrected chi connectivity index (χ4v) is 6.31. The van der Waals surface area contributed by atoms with Gasteiger partial charge in [-0.05, 0) is 60.1 Å². The SMILES string of the molecule is Nc1nc(F)c(-c2ccc([C@]34C[C@H]3CN(C3CCC3)C4)cc2)cc1-c1ccc2c(=O)[nH]cc(F)c2c1. The van der Waals surface area contributed by atoms with E-state index in [0.717, 1.165) is 30.3 Å². The lowest BCUT2D eigenvalue weighted by atomic mass is 9.90. The summed E-state index contributed by atoms with van der Waals surface area (Å²) in [5.41, 5.74) is 9.40. The molecular formula is C29H26F2N4O. The van der Waals surface area contributed by atoms with E-state index in [1.54, 1.807) is 24.3 Å². The summed E-state index contributed by atoms with van der Waals surface area (Å²) in [4.78, 5) is 21.0. The zero-order valence-electron chi connectivity index (χ0n) is 19.7. The van der Waals surface area contributed by atoms with Crippen molar-refractivity contribution in [3.05, 3.63) is 82.4 Å². The molecule has 2 atom stereocenters. The smallest absolute Gasteiger partial charge is 0.256 e. The van der Waals surface area contributed by atoms with Crippen LogP contribution in [-0.4, -0.2) is 34.0 Å². The summed E-state index contributed by atoms with van der Waals surface area (Å²) in [5.74, 6) is -0.450. The summed E-state index contributed by atoms with van der Waals surface area (Å²) in [5, 5.41) is 0.417. The highest BCUT2D eigenvalue weighted by Gasteiger charge is 2.61. The lowest BCUT2D eigenvalue weighted by Gasteiger charge is -2.36. The van der Waals surface area contributed by atoms with Crippen molar-refractivity contribution < 1.29 is 8.78 Å². The van der Waals surface area contributed by atoms with Crippen LogP contribution in [0, 0.1) is 17.7 Å². The predicted octanol–water partition coefficient (Wildman–Crippen LogP) is 5.24. The summed E-state index contributed by atoms with van der Waals surface area (Å²) in [6.45, 7) is 2.33. The number of aromatic nitrogens is 2. The molecule has 3 N–H and O–H groups in total. The Hall–Kier alpha value is -3.58. The van der Waals surface area contributed by atoms with E-state index >= 15 is 0 Å². The second kappa shape index (κ2) is 7.71. The van der Waals surface area contributed by atoms with Gasteiger partial charge < -0.3 is 10.7 Å². The van der Waals surface area contributed by atoms with Crippen molar-refractivity contribution >= 4 is 16.6 Å². The molecule has 3 heterocycles. The largest absolute Gasteiger partial charge is 0.383 e. The molecule has 0 spiro atoms. The molecule has 3 fully saturated rings. The number of H-pyrrole nitrogens is 1. The summed E-state index contributed by atoms with van der Waals surface area (Å²) in [7, 11) is 0. The third kappa shape index (κ3) is 3.22. The molecule has 7 rings (SSSR count). The van der Waals surface area contributed by atoms with E-state index in [0.29, 0.717) is 16.7 Å². The van der Waals surface area contributed by atoms with Crippen molar-refractivity contribution in [3.8, 4) is 22.3 Å². The average Bonchev–Trinajstić information content (AvgIpc) is 3.41. The van der Waals surface area contributed by atoms with Gasteiger partial charge in [-0.2, -0.15) is 4.39 Å². The lowest BCUT2D eigenvalue weighted by Crippen LogP contribution is -2.40. The molecule has 0 bridgehead atoms. The minimum atomic E-state index is -0.646. The second-order valence-electron chi connectivity index (χ2n) is 10.6. The number of fused-ring (bicyclic) bond motifs is 2. The highest BCUT2D eigenvalue weighted by Crippen LogP contribution is 2.60. The number of rotatable bonds is 4. The number of likely N-dealkylation sites (tertiary alicyclic amines) is 1. The Kier molecular flexibility index (Phi) is 4.64. The Morgan fingerprint density at radius 3 is 2.53 bits per heavy atom. The molecule has 7 heteroatoms. The van der Waals surface area contributed by atoms with Gasteiger partial charge in [0.1, 0.15) is 11.6 Å². The highest BCUT2D eigenvalue weighted by molar-refractivity contribution is 5.89. The Morgan fingerprint density at radius 2 is 1.78 bits per heavy atom. The molecule has 182 valence electrons. The zero-order valence-corrected chi connectivity index (χ0v) is 19.7. The number of piperidine rings is 1. The van der Waals surface area contributed by atoms with Gasteiger partial charge in [-0.15, -0.1) is 0 Å². The predicted molar refractivity (Wildman–Crippen MR) is 137 cm³/mol. The molecule has 0 radical (unpaired) electrons. The standard InChI is InChI=1S/C29H26F2N4O/c30-25-13-33-28(36)21-9-6-17(10-24(21)25)23-11-22(26(31)34-27(23)32)16-4-7-18(8-5-16)29-12-19(29)14-35(15-29)20-2-1-3-20/h4-11,13,19-20H,1-3,12,14-15H2,(H2,32,34)(H,33,36)/t19-,29+/m0/s1. The van der Waals surface area contributed by atoms with Crippen molar-refractivity contribution in [3.63, 3.8) is 0 Å². The van der Waals surface area contributed by atoms with Crippen LogP contribution in [0.3, 0.4) is 0 Å². The highest BCUT2D eigenvalue weighted by atomic mass is 19.1. The van der Waals surface area contributed by atoms with Crippen LogP contribution in [0.2, 0.25) is 0 Å². The maximum atomic E-state index is 15.0. The van der Waals surface area contributed by atoms with E-state index in [-0.39, 0.29) is 27.6 Å². The Labute approximate surface area is 207 Å². The molecule has 3 aliphatic rings. The van der Waals surface area contributed by atoms with Gasteiger partial charge >= 0.3 is 0 Å². The molecule has 0 amide bonds. The van der Waals surface area contributed by atoms with Crippen molar-refractivity contribution in [2.45, 2.75) is 37.1 Å². The second-order valence-corrected chi connectivity index (χ2v) is 10.6. The maximum Gasteiger partial charge on any atom is 0.256 e. The van der Waals surface area contributed by atoms with Gasteiger partial charge in [-0.3, -0.25) is 9.69 Å². The van der Waals surface area contributed by atoms with E-state index in [1.165, 1.54) is 37.8 Å². The number of nitrogens with two attached hydrogens (primary N) is 1. The van der Waals surface area contributed by atoms with Crippen molar-refractivity contribution in [1.82, 2.24) is 14.9 Å². The number of halogens is 2. The quantitative estimate of drug-likeness (QED) is 0.389. The minimum absolute atomic E-state index is 0.0132. The Morgan fingerprint density at radius 1 is 1.00 bits per heavy atom. The first kappa shape index (κ1) is 21.7. The van der Waals surface area contributed by atoms with Crippen LogP contribution in [0.1, 0.15) is 31.2 Å². The maximum absolute atomic E-state index is 15.0. The molecule has 2 aliphatic carbocycles. The van der Waals surface area contributed by atoms with Gasteiger partial charge in [0.25, 0.3) is 5.56 Å². The van der Waals surface area contributed by atoms with Gasteiger partial charge in [-0.25, -0.2) is 9.37 Å². The van der Waals surface area contributed by atoms with Crippen LogP contribution >= 0.6 is 0 Å². The van der Waals surface area contributed by atoms with Gasteiger partial charge in [0.15, 0.2) is 0 Å².